The number of likely N-dealkylation sites (N-methyl/N-ethyl adjacent to an activating group) is 1. The second-order valence-electron chi connectivity index (χ2n) is 6.00. The van der Waals surface area contributed by atoms with Gasteiger partial charge in [0.15, 0.2) is 0 Å². The van der Waals surface area contributed by atoms with Gasteiger partial charge in [0, 0.05) is 31.7 Å². The summed E-state index contributed by atoms with van der Waals surface area (Å²) in [6.07, 6.45) is 1.02. The summed E-state index contributed by atoms with van der Waals surface area (Å²) in [6.45, 7) is 11.2. The van der Waals surface area contributed by atoms with E-state index in [1.165, 1.54) is 7.11 Å². The molecule has 0 aliphatic carbocycles. The molecule has 19 heavy (non-hydrogen) atoms. The Morgan fingerprint density at radius 3 is 2.63 bits per heavy atom. The first-order chi connectivity index (χ1) is 8.90. The number of hydrogen-bond acceptors (Lipinski definition) is 5. The molecule has 1 fully saturated rings. The molecular formula is C14H29N3O2. The van der Waals surface area contributed by atoms with Gasteiger partial charge < -0.3 is 10.1 Å². The molecule has 0 aromatic heterocycles. The van der Waals surface area contributed by atoms with E-state index < -0.39 is 0 Å². The van der Waals surface area contributed by atoms with Crippen molar-refractivity contribution in [3.05, 3.63) is 0 Å². The van der Waals surface area contributed by atoms with Gasteiger partial charge in [-0.2, -0.15) is 0 Å². The average molecular weight is 271 g/mol. The first kappa shape index (κ1) is 16.4. The van der Waals surface area contributed by atoms with Crippen LogP contribution in [-0.2, 0) is 9.53 Å². The number of esters is 1. The molecule has 0 aromatic rings. The topological polar surface area (TPSA) is 44.8 Å². The number of nitrogens with zero attached hydrogens (tertiary/aromatic N) is 2. The molecule has 0 spiro atoms. The number of hydrogen-bond donors (Lipinski definition) is 1. The molecule has 1 aliphatic heterocycles. The highest BCUT2D eigenvalue weighted by Gasteiger charge is 2.33. The standard InChI is InChI=1S/C14H29N3O2/c1-6-7-15-12(13(18)19-5)10-17-9-8-16(4)14(2,3)11-17/h12,15H,6-11H2,1-5H3. The summed E-state index contributed by atoms with van der Waals surface area (Å²) in [6, 6.07) is -0.218. The molecule has 0 amide bonds. The van der Waals surface area contributed by atoms with Crippen LogP contribution in [0, 0.1) is 0 Å². The molecule has 112 valence electrons. The minimum atomic E-state index is -0.218. The van der Waals surface area contributed by atoms with Crippen molar-refractivity contribution in [2.75, 3.05) is 46.9 Å². The van der Waals surface area contributed by atoms with E-state index in [4.69, 9.17) is 4.74 Å². The van der Waals surface area contributed by atoms with E-state index in [2.05, 4.69) is 42.9 Å². The van der Waals surface area contributed by atoms with Gasteiger partial charge in [-0.25, -0.2) is 0 Å². The van der Waals surface area contributed by atoms with Crippen LogP contribution in [0.1, 0.15) is 27.2 Å². The highest BCUT2D eigenvalue weighted by molar-refractivity contribution is 5.75. The first-order valence-corrected chi connectivity index (χ1v) is 7.15. The summed E-state index contributed by atoms with van der Waals surface area (Å²) < 4.78 is 4.89. The highest BCUT2D eigenvalue weighted by atomic mass is 16.5. The fourth-order valence-electron chi connectivity index (χ4n) is 2.44. The fourth-order valence-corrected chi connectivity index (χ4v) is 2.44. The zero-order chi connectivity index (χ0) is 14.5. The molecule has 1 atom stereocenters. The number of ether oxygens (including phenoxy) is 1. The van der Waals surface area contributed by atoms with Crippen molar-refractivity contribution in [3.63, 3.8) is 0 Å². The van der Waals surface area contributed by atoms with Gasteiger partial charge >= 0.3 is 5.97 Å². The van der Waals surface area contributed by atoms with E-state index in [0.717, 1.165) is 39.1 Å². The number of carbonyl (C=O) groups excluding carboxylic acids is 1. The number of carbonyl (C=O) groups is 1. The Morgan fingerprint density at radius 1 is 1.42 bits per heavy atom. The lowest BCUT2D eigenvalue weighted by Crippen LogP contribution is -2.60. The van der Waals surface area contributed by atoms with Crippen LogP contribution in [0.25, 0.3) is 0 Å². The molecule has 0 aromatic carbocycles. The zero-order valence-electron chi connectivity index (χ0n) is 13.0. The van der Waals surface area contributed by atoms with Crippen molar-refractivity contribution in [1.82, 2.24) is 15.1 Å². The summed E-state index contributed by atoms with van der Waals surface area (Å²) in [5.41, 5.74) is 0.156. The Balaban J connectivity index is 2.56. The maximum atomic E-state index is 11.8. The largest absolute Gasteiger partial charge is 0.468 e. The van der Waals surface area contributed by atoms with Crippen LogP contribution in [0.4, 0.5) is 0 Å². The SMILES string of the molecule is CCCNC(CN1CCN(C)C(C)(C)C1)C(=O)OC. The normalized spacial score (nSPS) is 22.2. The van der Waals surface area contributed by atoms with Crippen molar-refractivity contribution in [2.24, 2.45) is 0 Å². The summed E-state index contributed by atoms with van der Waals surface area (Å²) in [4.78, 5) is 16.5. The van der Waals surface area contributed by atoms with Crippen LogP contribution < -0.4 is 5.32 Å². The molecule has 1 unspecified atom stereocenters. The van der Waals surface area contributed by atoms with E-state index >= 15 is 0 Å². The molecular weight excluding hydrogens is 242 g/mol. The van der Waals surface area contributed by atoms with E-state index in [9.17, 15) is 4.79 Å². The maximum absolute atomic E-state index is 11.8. The van der Waals surface area contributed by atoms with E-state index in [1.807, 2.05) is 0 Å². The number of rotatable bonds is 6. The predicted octanol–water partition coefficient (Wildman–Crippen LogP) is 0.554. The third-order valence-corrected chi connectivity index (χ3v) is 3.96. The summed E-state index contributed by atoms with van der Waals surface area (Å²) >= 11 is 0. The van der Waals surface area contributed by atoms with Crippen molar-refractivity contribution >= 4 is 5.97 Å². The molecule has 0 saturated carbocycles. The highest BCUT2D eigenvalue weighted by Crippen LogP contribution is 2.18. The minimum Gasteiger partial charge on any atom is -0.468 e. The van der Waals surface area contributed by atoms with Gasteiger partial charge in [0.25, 0.3) is 0 Å². The molecule has 1 rings (SSSR count). The van der Waals surface area contributed by atoms with Gasteiger partial charge in [0.1, 0.15) is 6.04 Å². The van der Waals surface area contributed by atoms with Gasteiger partial charge in [-0.3, -0.25) is 14.6 Å². The average Bonchev–Trinajstić information content (AvgIpc) is 2.37. The summed E-state index contributed by atoms with van der Waals surface area (Å²) in [7, 11) is 3.61. The summed E-state index contributed by atoms with van der Waals surface area (Å²) in [5, 5.41) is 3.28. The quantitative estimate of drug-likeness (QED) is 0.715. The summed E-state index contributed by atoms with van der Waals surface area (Å²) in [5.74, 6) is -0.162. The minimum absolute atomic E-state index is 0.156. The third-order valence-electron chi connectivity index (χ3n) is 3.96. The third kappa shape index (κ3) is 4.75. The lowest BCUT2D eigenvalue weighted by Gasteiger charge is -2.46. The van der Waals surface area contributed by atoms with Crippen LogP contribution in [0.2, 0.25) is 0 Å². The zero-order valence-corrected chi connectivity index (χ0v) is 13.0. The van der Waals surface area contributed by atoms with Gasteiger partial charge in [-0.1, -0.05) is 6.92 Å². The van der Waals surface area contributed by atoms with Crippen LogP contribution in [0.5, 0.6) is 0 Å². The van der Waals surface area contributed by atoms with Crippen molar-refractivity contribution < 1.29 is 9.53 Å². The van der Waals surface area contributed by atoms with Crippen LogP contribution in [0.3, 0.4) is 0 Å². The van der Waals surface area contributed by atoms with E-state index in [0.29, 0.717) is 0 Å². The Hall–Kier alpha value is -0.650. The predicted molar refractivity (Wildman–Crippen MR) is 77.2 cm³/mol. The number of piperazine rings is 1. The lowest BCUT2D eigenvalue weighted by atomic mass is 9.99. The van der Waals surface area contributed by atoms with E-state index in [-0.39, 0.29) is 17.6 Å². The molecule has 5 heteroatoms. The molecule has 1 heterocycles. The Kier molecular flexibility index (Phi) is 6.23. The van der Waals surface area contributed by atoms with Crippen LogP contribution in [-0.4, -0.2) is 74.2 Å². The van der Waals surface area contributed by atoms with Crippen molar-refractivity contribution in [2.45, 2.75) is 38.8 Å². The molecule has 1 aliphatic rings. The Morgan fingerprint density at radius 2 is 2.11 bits per heavy atom. The second kappa shape index (κ2) is 7.22. The van der Waals surface area contributed by atoms with Crippen molar-refractivity contribution in [3.8, 4) is 0 Å². The maximum Gasteiger partial charge on any atom is 0.324 e. The number of methoxy groups -OCH3 is 1. The second-order valence-corrected chi connectivity index (χ2v) is 6.00. The first-order valence-electron chi connectivity index (χ1n) is 7.15. The van der Waals surface area contributed by atoms with Crippen LogP contribution in [0.15, 0.2) is 0 Å². The van der Waals surface area contributed by atoms with Gasteiger partial charge in [0.2, 0.25) is 0 Å². The molecule has 0 bridgehead atoms. The van der Waals surface area contributed by atoms with Crippen molar-refractivity contribution in [1.29, 1.82) is 0 Å². The lowest BCUT2D eigenvalue weighted by molar-refractivity contribution is -0.144. The Bertz CT molecular complexity index is 294. The van der Waals surface area contributed by atoms with Gasteiger partial charge in [-0.15, -0.1) is 0 Å². The Labute approximate surface area is 117 Å². The van der Waals surface area contributed by atoms with Crippen LogP contribution >= 0.6 is 0 Å². The number of nitrogens with one attached hydrogen (secondary N) is 1. The molecule has 1 N–H and O–H groups in total. The molecule has 5 nitrogen and oxygen atoms in total. The van der Waals surface area contributed by atoms with Gasteiger partial charge in [-0.05, 0) is 33.9 Å². The molecule has 1 saturated heterocycles. The van der Waals surface area contributed by atoms with E-state index in [1.54, 1.807) is 0 Å². The molecule has 0 radical (unpaired) electrons. The smallest absolute Gasteiger partial charge is 0.324 e. The fraction of sp³-hybridized carbons (Fsp3) is 0.929. The van der Waals surface area contributed by atoms with Gasteiger partial charge in [0.05, 0.1) is 7.11 Å². The monoisotopic (exact) mass is 271 g/mol.